The summed E-state index contributed by atoms with van der Waals surface area (Å²) in [7, 11) is 0. The molecule has 1 aromatic heterocycles. The van der Waals surface area contributed by atoms with Crippen LogP contribution >= 0.6 is 0 Å². The average Bonchev–Trinajstić information content (AvgIpc) is 3.11. The van der Waals surface area contributed by atoms with E-state index in [0.29, 0.717) is 18.1 Å². The van der Waals surface area contributed by atoms with Gasteiger partial charge < -0.3 is 19.2 Å². The molecule has 0 aliphatic heterocycles. The molecule has 134 valence electrons. The van der Waals surface area contributed by atoms with Gasteiger partial charge in [-0.1, -0.05) is 19.3 Å². The Hall–Kier alpha value is -2.43. The Labute approximate surface area is 148 Å². The highest BCUT2D eigenvalue weighted by atomic mass is 16.5. The topological polar surface area (TPSA) is 60.7 Å². The van der Waals surface area contributed by atoms with Gasteiger partial charge in [0, 0.05) is 6.04 Å². The minimum absolute atomic E-state index is 0.140. The summed E-state index contributed by atoms with van der Waals surface area (Å²) in [6.45, 7) is 2.87. The second-order valence-electron chi connectivity index (χ2n) is 6.27. The first kappa shape index (κ1) is 17.4. The van der Waals surface area contributed by atoms with Crippen LogP contribution in [-0.4, -0.2) is 18.6 Å². The van der Waals surface area contributed by atoms with Crippen LogP contribution in [0.15, 0.2) is 40.8 Å². The van der Waals surface area contributed by atoms with E-state index in [1.54, 1.807) is 12.1 Å². The lowest BCUT2D eigenvalue weighted by Crippen LogP contribution is -2.35. The number of ether oxygens (including phenoxy) is 2. The summed E-state index contributed by atoms with van der Waals surface area (Å²) in [6.07, 6.45) is 5.75. The first-order valence-corrected chi connectivity index (χ1v) is 9.00. The standard InChI is InChI=1S/C20H25NO4/c1-2-23-16-8-10-17(11-9-16)24-14-18-12-13-19(25-18)20(22)21-15-6-4-3-5-7-15/h8-13,15H,2-7,14H2,1H3,(H,21,22). The first-order chi connectivity index (χ1) is 12.2. The van der Waals surface area contributed by atoms with E-state index in [4.69, 9.17) is 13.9 Å². The smallest absolute Gasteiger partial charge is 0.287 e. The number of carbonyl (C=O) groups is 1. The van der Waals surface area contributed by atoms with Crippen LogP contribution in [0.1, 0.15) is 55.3 Å². The van der Waals surface area contributed by atoms with E-state index in [9.17, 15) is 4.79 Å². The van der Waals surface area contributed by atoms with Crippen molar-refractivity contribution in [2.45, 2.75) is 51.7 Å². The van der Waals surface area contributed by atoms with Crippen LogP contribution in [0.2, 0.25) is 0 Å². The van der Waals surface area contributed by atoms with Gasteiger partial charge in [0.05, 0.1) is 6.61 Å². The quantitative estimate of drug-likeness (QED) is 0.813. The van der Waals surface area contributed by atoms with E-state index in [1.165, 1.54) is 19.3 Å². The number of hydrogen-bond acceptors (Lipinski definition) is 4. The molecular formula is C20H25NO4. The first-order valence-electron chi connectivity index (χ1n) is 9.00. The van der Waals surface area contributed by atoms with E-state index in [1.807, 2.05) is 31.2 Å². The van der Waals surface area contributed by atoms with Crippen molar-refractivity contribution in [1.29, 1.82) is 0 Å². The lowest BCUT2D eigenvalue weighted by Gasteiger charge is -2.22. The zero-order valence-electron chi connectivity index (χ0n) is 14.6. The minimum Gasteiger partial charge on any atom is -0.494 e. The minimum atomic E-state index is -0.140. The number of carbonyl (C=O) groups excluding carboxylic acids is 1. The van der Waals surface area contributed by atoms with Crippen molar-refractivity contribution < 1.29 is 18.7 Å². The van der Waals surface area contributed by atoms with E-state index < -0.39 is 0 Å². The molecule has 1 heterocycles. The summed E-state index contributed by atoms with van der Waals surface area (Å²) in [5.74, 6) is 2.38. The van der Waals surface area contributed by atoms with Crippen LogP contribution < -0.4 is 14.8 Å². The third kappa shape index (κ3) is 5.02. The van der Waals surface area contributed by atoms with E-state index in [0.717, 1.165) is 24.3 Å². The van der Waals surface area contributed by atoms with Crippen molar-refractivity contribution >= 4 is 5.91 Å². The molecule has 1 aromatic carbocycles. The Kier molecular flexibility index (Phi) is 5.99. The molecule has 1 aliphatic carbocycles. The normalized spacial score (nSPS) is 14.9. The molecule has 0 atom stereocenters. The second kappa shape index (κ2) is 8.60. The highest BCUT2D eigenvalue weighted by Gasteiger charge is 2.18. The number of benzene rings is 1. The summed E-state index contributed by atoms with van der Waals surface area (Å²) in [5, 5.41) is 3.05. The monoisotopic (exact) mass is 343 g/mol. The largest absolute Gasteiger partial charge is 0.494 e. The number of nitrogens with one attached hydrogen (secondary N) is 1. The van der Waals surface area contributed by atoms with Gasteiger partial charge in [-0.25, -0.2) is 0 Å². The molecule has 1 saturated carbocycles. The molecule has 3 rings (SSSR count). The molecule has 1 amide bonds. The van der Waals surface area contributed by atoms with Crippen LogP contribution in [-0.2, 0) is 6.61 Å². The van der Waals surface area contributed by atoms with Crippen molar-refractivity contribution in [2.75, 3.05) is 6.61 Å². The Morgan fingerprint density at radius 1 is 1.04 bits per heavy atom. The number of hydrogen-bond donors (Lipinski definition) is 1. The molecule has 5 nitrogen and oxygen atoms in total. The average molecular weight is 343 g/mol. The van der Waals surface area contributed by atoms with Gasteiger partial charge in [0.2, 0.25) is 0 Å². The van der Waals surface area contributed by atoms with Gasteiger partial charge >= 0.3 is 0 Å². The molecule has 1 N–H and O–H groups in total. The Morgan fingerprint density at radius 2 is 1.72 bits per heavy atom. The number of furan rings is 1. The molecule has 0 bridgehead atoms. The van der Waals surface area contributed by atoms with Crippen LogP contribution in [0.25, 0.3) is 0 Å². The van der Waals surface area contributed by atoms with Crippen LogP contribution in [0.3, 0.4) is 0 Å². The van der Waals surface area contributed by atoms with E-state index >= 15 is 0 Å². The Bertz CT molecular complexity index is 671. The fourth-order valence-corrected chi connectivity index (χ4v) is 3.03. The second-order valence-corrected chi connectivity index (χ2v) is 6.27. The molecule has 25 heavy (non-hydrogen) atoms. The third-order valence-corrected chi connectivity index (χ3v) is 4.34. The van der Waals surface area contributed by atoms with E-state index in [-0.39, 0.29) is 18.6 Å². The molecule has 5 heteroatoms. The Morgan fingerprint density at radius 3 is 2.40 bits per heavy atom. The van der Waals surface area contributed by atoms with Crippen LogP contribution in [0.5, 0.6) is 11.5 Å². The van der Waals surface area contributed by atoms with Crippen molar-refractivity contribution in [3.63, 3.8) is 0 Å². The summed E-state index contributed by atoms with van der Waals surface area (Å²) < 4.78 is 16.7. The lowest BCUT2D eigenvalue weighted by molar-refractivity contribution is 0.0895. The molecule has 0 spiro atoms. The summed E-state index contributed by atoms with van der Waals surface area (Å²) in [6, 6.07) is 11.2. The lowest BCUT2D eigenvalue weighted by atomic mass is 9.95. The van der Waals surface area contributed by atoms with Crippen LogP contribution in [0.4, 0.5) is 0 Å². The predicted octanol–water partition coefficient (Wildman–Crippen LogP) is 4.32. The maximum absolute atomic E-state index is 12.2. The molecule has 1 aliphatic rings. The SMILES string of the molecule is CCOc1ccc(OCc2ccc(C(=O)NC3CCCCC3)o2)cc1. The van der Waals surface area contributed by atoms with Crippen LogP contribution in [0, 0.1) is 0 Å². The van der Waals surface area contributed by atoms with Gasteiger partial charge in [-0.2, -0.15) is 0 Å². The number of amides is 1. The highest BCUT2D eigenvalue weighted by Crippen LogP contribution is 2.20. The van der Waals surface area contributed by atoms with Gasteiger partial charge in [-0.05, 0) is 56.2 Å². The fraction of sp³-hybridized carbons (Fsp3) is 0.450. The van der Waals surface area contributed by atoms with Gasteiger partial charge in [0.15, 0.2) is 5.76 Å². The third-order valence-electron chi connectivity index (χ3n) is 4.34. The Balaban J connectivity index is 1.49. The molecule has 1 fully saturated rings. The van der Waals surface area contributed by atoms with Crippen molar-refractivity contribution in [2.24, 2.45) is 0 Å². The molecule has 0 radical (unpaired) electrons. The van der Waals surface area contributed by atoms with Crippen molar-refractivity contribution in [1.82, 2.24) is 5.32 Å². The fourth-order valence-electron chi connectivity index (χ4n) is 3.03. The summed E-state index contributed by atoms with van der Waals surface area (Å²) >= 11 is 0. The van der Waals surface area contributed by atoms with Crippen molar-refractivity contribution in [3.05, 3.63) is 47.9 Å². The zero-order chi connectivity index (χ0) is 17.5. The summed E-state index contributed by atoms with van der Waals surface area (Å²) in [5.41, 5.74) is 0. The molecule has 0 saturated heterocycles. The highest BCUT2D eigenvalue weighted by molar-refractivity contribution is 5.91. The van der Waals surface area contributed by atoms with Crippen molar-refractivity contribution in [3.8, 4) is 11.5 Å². The predicted molar refractivity (Wildman–Crippen MR) is 95.0 cm³/mol. The van der Waals surface area contributed by atoms with Gasteiger partial charge in [0.1, 0.15) is 23.9 Å². The maximum atomic E-state index is 12.2. The van der Waals surface area contributed by atoms with Gasteiger partial charge in [-0.3, -0.25) is 4.79 Å². The molecular weight excluding hydrogens is 318 g/mol. The van der Waals surface area contributed by atoms with Gasteiger partial charge in [0.25, 0.3) is 5.91 Å². The zero-order valence-corrected chi connectivity index (χ0v) is 14.6. The summed E-state index contributed by atoms with van der Waals surface area (Å²) in [4.78, 5) is 12.2. The number of rotatable bonds is 7. The van der Waals surface area contributed by atoms with E-state index in [2.05, 4.69) is 5.32 Å². The maximum Gasteiger partial charge on any atom is 0.287 e. The van der Waals surface area contributed by atoms with Gasteiger partial charge in [-0.15, -0.1) is 0 Å². The molecule has 0 unspecified atom stereocenters. The molecule has 2 aromatic rings.